The lowest BCUT2D eigenvalue weighted by molar-refractivity contribution is 0.0696. The van der Waals surface area contributed by atoms with Crippen LogP contribution in [-0.2, 0) is 11.2 Å². The van der Waals surface area contributed by atoms with Gasteiger partial charge in [-0.25, -0.2) is 9.78 Å². The van der Waals surface area contributed by atoms with Gasteiger partial charge in [0.15, 0.2) is 5.76 Å². The molecule has 0 unspecified atom stereocenters. The molecular weight excluding hydrogens is 242 g/mol. The van der Waals surface area contributed by atoms with Crippen molar-refractivity contribution in [3.05, 3.63) is 28.3 Å². The molecule has 0 fully saturated rings. The summed E-state index contributed by atoms with van der Waals surface area (Å²) in [4.78, 5) is 15.0. The molecule has 2 aromatic heterocycles. The van der Waals surface area contributed by atoms with Crippen LogP contribution in [0.25, 0.3) is 11.5 Å². The highest BCUT2D eigenvalue weighted by Gasteiger charge is 2.12. The summed E-state index contributed by atoms with van der Waals surface area (Å²) in [6, 6.07) is 1.47. The highest BCUT2D eigenvalue weighted by atomic mass is 32.1. The number of methoxy groups -OCH3 is 1. The monoisotopic (exact) mass is 253 g/mol. The smallest absolute Gasteiger partial charge is 0.338 e. The van der Waals surface area contributed by atoms with Gasteiger partial charge in [-0.15, -0.1) is 11.3 Å². The first-order valence-corrected chi connectivity index (χ1v) is 5.84. The van der Waals surface area contributed by atoms with Crippen LogP contribution in [0.5, 0.6) is 0 Å². The van der Waals surface area contributed by atoms with Gasteiger partial charge in [0.05, 0.1) is 17.2 Å². The maximum atomic E-state index is 10.7. The van der Waals surface area contributed by atoms with Crippen molar-refractivity contribution >= 4 is 17.3 Å². The van der Waals surface area contributed by atoms with Crippen molar-refractivity contribution in [2.75, 3.05) is 13.7 Å². The molecule has 90 valence electrons. The number of thiazole rings is 1. The van der Waals surface area contributed by atoms with Crippen molar-refractivity contribution in [1.29, 1.82) is 0 Å². The second-order valence-corrected chi connectivity index (χ2v) is 4.32. The predicted molar refractivity (Wildman–Crippen MR) is 62.4 cm³/mol. The van der Waals surface area contributed by atoms with Gasteiger partial charge >= 0.3 is 5.97 Å². The molecule has 0 spiro atoms. The predicted octanol–water partition coefficient (Wildman–Crippen LogP) is 2.29. The molecule has 5 nitrogen and oxygen atoms in total. The minimum absolute atomic E-state index is 0.131. The summed E-state index contributed by atoms with van der Waals surface area (Å²) < 4.78 is 10.1. The summed E-state index contributed by atoms with van der Waals surface area (Å²) in [7, 11) is 1.64. The number of furan rings is 1. The number of carboxylic acid groups (broad SMARTS) is 1. The highest BCUT2D eigenvalue weighted by Crippen LogP contribution is 2.24. The van der Waals surface area contributed by atoms with Gasteiger partial charge in [-0.1, -0.05) is 0 Å². The minimum atomic E-state index is -1.00. The Kier molecular flexibility index (Phi) is 3.55. The highest BCUT2D eigenvalue weighted by molar-refractivity contribution is 7.09. The molecule has 1 N–H and O–H groups in total. The van der Waals surface area contributed by atoms with E-state index in [1.54, 1.807) is 7.11 Å². The lowest BCUT2D eigenvalue weighted by Gasteiger charge is -1.92. The van der Waals surface area contributed by atoms with E-state index in [1.807, 2.05) is 5.38 Å². The van der Waals surface area contributed by atoms with Crippen LogP contribution in [0.2, 0.25) is 0 Å². The van der Waals surface area contributed by atoms with Crippen LogP contribution in [0.3, 0.4) is 0 Å². The molecule has 0 saturated carbocycles. The first-order valence-electron chi connectivity index (χ1n) is 4.96. The van der Waals surface area contributed by atoms with E-state index in [1.165, 1.54) is 23.7 Å². The second kappa shape index (κ2) is 5.11. The largest absolute Gasteiger partial charge is 0.478 e. The molecule has 0 aliphatic heterocycles. The molecule has 2 rings (SSSR count). The first kappa shape index (κ1) is 11.8. The number of nitrogens with zero attached hydrogens (tertiary/aromatic N) is 1. The SMILES string of the molecule is COCCc1nc(-c2cc(C(=O)O)co2)cs1. The van der Waals surface area contributed by atoms with Gasteiger partial charge in [-0.3, -0.25) is 0 Å². The molecule has 0 bridgehead atoms. The maximum Gasteiger partial charge on any atom is 0.338 e. The summed E-state index contributed by atoms with van der Waals surface area (Å²) in [6.07, 6.45) is 1.96. The van der Waals surface area contributed by atoms with E-state index in [2.05, 4.69) is 4.98 Å². The number of ether oxygens (including phenoxy) is 1. The van der Waals surface area contributed by atoms with Crippen LogP contribution in [0.4, 0.5) is 0 Å². The van der Waals surface area contributed by atoms with Gasteiger partial charge in [0.1, 0.15) is 12.0 Å². The van der Waals surface area contributed by atoms with Gasteiger partial charge in [-0.05, 0) is 0 Å². The molecule has 2 aromatic rings. The lowest BCUT2D eigenvalue weighted by atomic mass is 10.3. The zero-order chi connectivity index (χ0) is 12.3. The Bertz CT molecular complexity index is 517. The van der Waals surface area contributed by atoms with Crippen molar-refractivity contribution in [3.8, 4) is 11.5 Å². The van der Waals surface area contributed by atoms with Gasteiger partial charge in [-0.2, -0.15) is 0 Å². The van der Waals surface area contributed by atoms with Crippen molar-refractivity contribution in [2.24, 2.45) is 0 Å². The van der Waals surface area contributed by atoms with Crippen molar-refractivity contribution in [2.45, 2.75) is 6.42 Å². The van der Waals surface area contributed by atoms with Gasteiger partial charge in [0.25, 0.3) is 0 Å². The molecule has 0 aromatic carbocycles. The van der Waals surface area contributed by atoms with Crippen molar-refractivity contribution < 1.29 is 19.1 Å². The van der Waals surface area contributed by atoms with Gasteiger partial charge in [0.2, 0.25) is 0 Å². The van der Waals surface area contributed by atoms with E-state index in [0.29, 0.717) is 18.1 Å². The summed E-state index contributed by atoms with van der Waals surface area (Å²) >= 11 is 1.50. The number of carboxylic acids is 1. The molecule has 2 heterocycles. The molecule has 0 atom stereocenters. The number of rotatable bonds is 5. The third kappa shape index (κ3) is 2.72. The fourth-order valence-electron chi connectivity index (χ4n) is 1.31. The zero-order valence-electron chi connectivity index (χ0n) is 9.17. The van der Waals surface area contributed by atoms with Gasteiger partial charge < -0.3 is 14.3 Å². The topological polar surface area (TPSA) is 72.6 Å². The van der Waals surface area contributed by atoms with Crippen LogP contribution in [0, 0.1) is 0 Å². The van der Waals surface area contributed by atoms with Crippen LogP contribution >= 0.6 is 11.3 Å². The summed E-state index contributed by atoms with van der Waals surface area (Å²) in [5.41, 5.74) is 0.792. The Balaban J connectivity index is 2.15. The van der Waals surface area contributed by atoms with E-state index in [4.69, 9.17) is 14.3 Å². The molecule has 0 aliphatic carbocycles. The third-order valence-corrected chi connectivity index (χ3v) is 3.08. The van der Waals surface area contributed by atoms with Crippen LogP contribution in [0.15, 0.2) is 22.1 Å². The number of aromatic nitrogens is 1. The number of carbonyl (C=O) groups is 1. The zero-order valence-corrected chi connectivity index (χ0v) is 9.99. The Morgan fingerprint density at radius 3 is 3.12 bits per heavy atom. The van der Waals surface area contributed by atoms with Crippen LogP contribution < -0.4 is 0 Å². The standard InChI is InChI=1S/C11H11NO4S/c1-15-3-2-10-12-8(6-17-10)9-4-7(5-16-9)11(13)14/h4-6H,2-3H2,1H3,(H,13,14). The molecule has 17 heavy (non-hydrogen) atoms. The second-order valence-electron chi connectivity index (χ2n) is 3.37. The molecular formula is C11H11NO4S. The van der Waals surface area contributed by atoms with E-state index < -0.39 is 5.97 Å². The molecule has 0 aliphatic rings. The van der Waals surface area contributed by atoms with Gasteiger partial charge in [0, 0.05) is 25.0 Å². The summed E-state index contributed by atoms with van der Waals surface area (Å²) in [5, 5.41) is 11.6. The van der Waals surface area contributed by atoms with Crippen molar-refractivity contribution in [1.82, 2.24) is 4.98 Å². The minimum Gasteiger partial charge on any atom is -0.478 e. The molecule has 0 saturated heterocycles. The number of hydrogen-bond donors (Lipinski definition) is 1. The Hall–Kier alpha value is -1.66. The van der Waals surface area contributed by atoms with E-state index in [0.717, 1.165) is 11.4 Å². The van der Waals surface area contributed by atoms with Crippen molar-refractivity contribution in [3.63, 3.8) is 0 Å². The molecule has 6 heteroatoms. The molecule has 0 amide bonds. The Morgan fingerprint density at radius 2 is 2.47 bits per heavy atom. The maximum absolute atomic E-state index is 10.7. The first-order chi connectivity index (χ1) is 8.20. The lowest BCUT2D eigenvalue weighted by Crippen LogP contribution is -1.93. The average molecular weight is 253 g/mol. The third-order valence-electron chi connectivity index (χ3n) is 2.17. The summed E-state index contributed by atoms with van der Waals surface area (Å²) in [6.45, 7) is 0.617. The quantitative estimate of drug-likeness (QED) is 0.885. The Labute approximate surface area is 102 Å². The van der Waals surface area contributed by atoms with E-state index >= 15 is 0 Å². The number of aromatic carboxylic acids is 1. The van der Waals surface area contributed by atoms with E-state index in [9.17, 15) is 4.79 Å². The normalized spacial score (nSPS) is 10.6. The van der Waals surface area contributed by atoms with E-state index in [-0.39, 0.29) is 5.56 Å². The molecule has 0 radical (unpaired) electrons. The van der Waals surface area contributed by atoms with Crippen LogP contribution in [-0.4, -0.2) is 29.8 Å². The average Bonchev–Trinajstić information content (AvgIpc) is 2.94. The van der Waals surface area contributed by atoms with Crippen LogP contribution in [0.1, 0.15) is 15.4 Å². The fraction of sp³-hybridized carbons (Fsp3) is 0.273. The fourth-order valence-corrected chi connectivity index (χ4v) is 2.08. The number of hydrogen-bond acceptors (Lipinski definition) is 5. The Morgan fingerprint density at radius 1 is 1.65 bits per heavy atom. The summed E-state index contributed by atoms with van der Waals surface area (Å²) in [5.74, 6) is -0.530.